The van der Waals surface area contributed by atoms with E-state index in [1.807, 2.05) is 0 Å². The zero-order valence-corrected chi connectivity index (χ0v) is 16.1. The molecule has 1 unspecified atom stereocenters. The summed E-state index contributed by atoms with van der Waals surface area (Å²) in [4.78, 5) is 29.7. The largest absolute Gasteiger partial charge is 0.416 e. The fourth-order valence-corrected chi connectivity index (χ4v) is 4.93. The lowest BCUT2D eigenvalue weighted by molar-refractivity contribution is -0.137. The van der Waals surface area contributed by atoms with Crippen LogP contribution in [0.25, 0.3) is 0 Å². The molecular weight excluding hydrogens is 425 g/mol. The van der Waals surface area contributed by atoms with Crippen LogP contribution in [0, 0.1) is 0 Å². The minimum Gasteiger partial charge on any atom is -0.266 e. The number of carbonyl (C=O) groups is 2. The maximum absolute atomic E-state index is 12.9. The molecule has 0 spiro atoms. The molecule has 0 bridgehead atoms. The lowest BCUT2D eigenvalue weighted by atomic mass is 10.1. The number of fused-ring (bicyclic) bond motifs is 1. The van der Waals surface area contributed by atoms with Gasteiger partial charge in [0.05, 0.1) is 21.6 Å². The quantitative estimate of drug-likeness (QED) is 0.683. The van der Waals surface area contributed by atoms with Crippen molar-refractivity contribution in [3.8, 4) is 0 Å². The number of sulfonamides is 1. The number of amides is 2. The maximum Gasteiger partial charge on any atom is 0.416 e. The Morgan fingerprint density at radius 3 is 2.20 bits per heavy atom. The van der Waals surface area contributed by atoms with E-state index in [4.69, 9.17) is 4.84 Å². The fourth-order valence-electron chi connectivity index (χ4n) is 3.40. The van der Waals surface area contributed by atoms with Gasteiger partial charge in [0.25, 0.3) is 11.8 Å². The van der Waals surface area contributed by atoms with Crippen molar-refractivity contribution in [3.05, 3.63) is 65.2 Å². The first-order chi connectivity index (χ1) is 14.1. The van der Waals surface area contributed by atoms with Gasteiger partial charge >= 0.3 is 6.18 Å². The van der Waals surface area contributed by atoms with Crippen LogP contribution in [-0.2, 0) is 21.0 Å². The van der Waals surface area contributed by atoms with E-state index in [1.54, 1.807) is 12.1 Å². The molecule has 0 aromatic heterocycles. The van der Waals surface area contributed by atoms with Crippen molar-refractivity contribution >= 4 is 21.8 Å². The van der Waals surface area contributed by atoms with Gasteiger partial charge in [0.1, 0.15) is 6.10 Å². The van der Waals surface area contributed by atoms with E-state index in [1.165, 1.54) is 12.1 Å². The number of alkyl halides is 3. The molecule has 4 rings (SSSR count). The monoisotopic (exact) mass is 440 g/mol. The molecule has 0 radical (unpaired) electrons. The van der Waals surface area contributed by atoms with Crippen molar-refractivity contribution in [2.24, 2.45) is 0 Å². The first-order valence-corrected chi connectivity index (χ1v) is 10.3. The normalized spacial score (nSPS) is 20.1. The molecule has 2 aromatic carbocycles. The van der Waals surface area contributed by atoms with E-state index in [2.05, 4.69) is 0 Å². The van der Waals surface area contributed by atoms with Gasteiger partial charge in [-0.25, -0.2) is 8.42 Å². The number of hydrogen-bond donors (Lipinski definition) is 0. The molecule has 2 heterocycles. The van der Waals surface area contributed by atoms with E-state index < -0.39 is 44.6 Å². The van der Waals surface area contributed by atoms with Gasteiger partial charge in [-0.1, -0.05) is 18.2 Å². The summed E-state index contributed by atoms with van der Waals surface area (Å²) in [6.07, 6.45) is -5.30. The molecule has 2 aromatic rings. The maximum atomic E-state index is 12.9. The number of rotatable bonds is 4. The average Bonchev–Trinajstić information content (AvgIpc) is 3.28. The van der Waals surface area contributed by atoms with Crippen molar-refractivity contribution in [2.75, 3.05) is 13.1 Å². The van der Waals surface area contributed by atoms with Gasteiger partial charge in [-0.2, -0.15) is 17.5 Å². The zero-order valence-electron chi connectivity index (χ0n) is 15.3. The van der Waals surface area contributed by atoms with Crippen molar-refractivity contribution < 1.29 is 36.0 Å². The molecule has 11 heteroatoms. The molecular formula is C19H15F3N2O5S. The van der Waals surface area contributed by atoms with Crippen LogP contribution in [0.1, 0.15) is 32.7 Å². The highest BCUT2D eigenvalue weighted by Crippen LogP contribution is 2.32. The molecule has 1 saturated heterocycles. The lowest BCUT2D eigenvalue weighted by Gasteiger charge is -2.20. The number of benzene rings is 2. The number of hydrogen-bond acceptors (Lipinski definition) is 5. The molecule has 2 amide bonds. The molecule has 0 aliphatic carbocycles. The standard InChI is InChI=1S/C19H15F3N2O5S/c20-19(21,22)12-4-3-5-14(10-12)30(27,28)23-9-8-13(11-23)29-24-17(25)15-6-1-2-7-16(15)18(24)26/h1-7,10,13H,8-9,11H2. The third kappa shape index (κ3) is 3.48. The minimum atomic E-state index is -4.67. The predicted octanol–water partition coefficient (Wildman–Crippen LogP) is 2.70. The number of imide groups is 1. The third-order valence-corrected chi connectivity index (χ3v) is 6.78. The zero-order chi connectivity index (χ0) is 21.7. The van der Waals surface area contributed by atoms with Crippen LogP contribution in [-0.4, -0.2) is 48.8 Å². The van der Waals surface area contributed by atoms with Gasteiger partial charge in [0, 0.05) is 13.1 Å². The van der Waals surface area contributed by atoms with Crippen molar-refractivity contribution in [2.45, 2.75) is 23.6 Å². The van der Waals surface area contributed by atoms with E-state index in [0.717, 1.165) is 22.5 Å². The van der Waals surface area contributed by atoms with E-state index in [-0.39, 0.29) is 30.6 Å². The van der Waals surface area contributed by atoms with Gasteiger partial charge in [0.15, 0.2) is 0 Å². The second-order valence-electron chi connectivity index (χ2n) is 6.86. The number of hydroxylamine groups is 2. The summed E-state index contributed by atoms with van der Waals surface area (Å²) in [5.41, 5.74) is -0.690. The number of carbonyl (C=O) groups excluding carboxylic acids is 2. The molecule has 30 heavy (non-hydrogen) atoms. The van der Waals surface area contributed by atoms with Crippen LogP contribution < -0.4 is 0 Å². The Labute approximate surface area is 169 Å². The van der Waals surface area contributed by atoms with Gasteiger partial charge in [-0.15, -0.1) is 5.06 Å². The topological polar surface area (TPSA) is 84.0 Å². The van der Waals surface area contributed by atoms with Crippen molar-refractivity contribution in [1.29, 1.82) is 0 Å². The fraction of sp³-hybridized carbons (Fsp3) is 0.263. The highest BCUT2D eigenvalue weighted by atomic mass is 32.2. The summed E-state index contributed by atoms with van der Waals surface area (Å²) < 4.78 is 65.2. The Morgan fingerprint density at radius 1 is 0.967 bits per heavy atom. The van der Waals surface area contributed by atoms with Crippen LogP contribution >= 0.6 is 0 Å². The number of halogens is 3. The summed E-state index contributed by atoms with van der Waals surface area (Å²) >= 11 is 0. The lowest BCUT2D eigenvalue weighted by Crippen LogP contribution is -2.37. The molecule has 7 nitrogen and oxygen atoms in total. The van der Waals surface area contributed by atoms with E-state index in [9.17, 15) is 31.2 Å². The van der Waals surface area contributed by atoms with E-state index in [0.29, 0.717) is 11.1 Å². The highest BCUT2D eigenvalue weighted by Gasteiger charge is 2.41. The van der Waals surface area contributed by atoms with Crippen LogP contribution in [0.2, 0.25) is 0 Å². The molecule has 1 fully saturated rings. The summed E-state index contributed by atoms with van der Waals surface area (Å²) in [7, 11) is -4.20. The summed E-state index contributed by atoms with van der Waals surface area (Å²) in [5.74, 6) is -1.29. The van der Waals surface area contributed by atoms with Crippen LogP contribution in [0.5, 0.6) is 0 Å². The Morgan fingerprint density at radius 2 is 1.60 bits per heavy atom. The van der Waals surface area contributed by atoms with Crippen LogP contribution in [0.15, 0.2) is 53.4 Å². The SMILES string of the molecule is O=C1c2ccccc2C(=O)N1OC1CCN(S(=O)(=O)c2cccc(C(F)(F)F)c2)C1. The van der Waals surface area contributed by atoms with Crippen LogP contribution in [0.3, 0.4) is 0 Å². The molecule has 1 atom stereocenters. The smallest absolute Gasteiger partial charge is 0.266 e. The summed E-state index contributed by atoms with van der Waals surface area (Å²) in [6, 6.07) is 9.65. The molecule has 0 saturated carbocycles. The highest BCUT2D eigenvalue weighted by molar-refractivity contribution is 7.89. The van der Waals surface area contributed by atoms with Gasteiger partial charge in [-0.3, -0.25) is 14.4 Å². The molecule has 2 aliphatic heterocycles. The minimum absolute atomic E-state index is 0.0214. The van der Waals surface area contributed by atoms with Gasteiger partial charge in [0.2, 0.25) is 10.0 Å². The number of nitrogens with zero attached hydrogens (tertiary/aromatic N) is 2. The van der Waals surface area contributed by atoms with Gasteiger partial charge in [-0.05, 0) is 36.8 Å². The van der Waals surface area contributed by atoms with Crippen LogP contribution in [0.4, 0.5) is 13.2 Å². The third-order valence-electron chi connectivity index (χ3n) is 4.92. The second-order valence-corrected chi connectivity index (χ2v) is 8.79. The molecule has 158 valence electrons. The summed E-state index contributed by atoms with van der Waals surface area (Å²) in [5, 5.41) is 0.607. The predicted molar refractivity (Wildman–Crippen MR) is 96.6 cm³/mol. The average molecular weight is 440 g/mol. The first kappa shape index (κ1) is 20.5. The molecule has 2 aliphatic rings. The van der Waals surface area contributed by atoms with Crippen molar-refractivity contribution in [3.63, 3.8) is 0 Å². The second kappa shape index (κ2) is 7.18. The Bertz CT molecular complexity index is 1100. The Hall–Kier alpha value is -2.76. The molecule has 0 N–H and O–H groups in total. The van der Waals surface area contributed by atoms with Gasteiger partial charge < -0.3 is 0 Å². The Kier molecular flexibility index (Phi) is 4.91. The first-order valence-electron chi connectivity index (χ1n) is 8.91. The Balaban J connectivity index is 1.49. The summed E-state index contributed by atoms with van der Waals surface area (Å²) in [6.45, 7) is -0.224. The van der Waals surface area contributed by atoms with Crippen molar-refractivity contribution in [1.82, 2.24) is 9.37 Å². The van der Waals surface area contributed by atoms with E-state index >= 15 is 0 Å².